The van der Waals surface area contributed by atoms with Crippen LogP contribution in [-0.2, 0) is 19.2 Å². The van der Waals surface area contributed by atoms with E-state index in [1.165, 1.54) is 0 Å². The molecule has 4 rings (SSSR count). The van der Waals surface area contributed by atoms with E-state index in [0.717, 1.165) is 43.2 Å². The molecule has 1 saturated carbocycles. The molecule has 2 aliphatic rings. The molecule has 5 N–H and O–H groups in total. The van der Waals surface area contributed by atoms with Crippen LogP contribution in [0, 0.1) is 5.92 Å². The van der Waals surface area contributed by atoms with Crippen molar-refractivity contribution in [1.82, 2.24) is 20.9 Å². The van der Waals surface area contributed by atoms with E-state index in [9.17, 15) is 19.2 Å². The number of nitrogens with zero attached hydrogens (tertiary/aromatic N) is 1. The molecule has 1 aliphatic heterocycles. The van der Waals surface area contributed by atoms with Gasteiger partial charge in [-0.1, -0.05) is 79.9 Å². The first-order valence-corrected chi connectivity index (χ1v) is 14.8. The van der Waals surface area contributed by atoms with Gasteiger partial charge in [-0.15, -0.1) is 0 Å². The third-order valence-electron chi connectivity index (χ3n) is 8.60. The summed E-state index contributed by atoms with van der Waals surface area (Å²) in [4.78, 5) is 55.1. The highest BCUT2D eigenvalue weighted by Crippen LogP contribution is 2.31. The van der Waals surface area contributed by atoms with E-state index in [2.05, 4.69) is 16.0 Å². The quantitative estimate of drug-likeness (QED) is 0.335. The number of likely N-dealkylation sites (N-methyl/N-ethyl adjacent to an activating group) is 1. The van der Waals surface area contributed by atoms with Crippen molar-refractivity contribution in [3.8, 4) is 0 Å². The van der Waals surface area contributed by atoms with Crippen molar-refractivity contribution in [1.29, 1.82) is 0 Å². The maximum absolute atomic E-state index is 14.0. The van der Waals surface area contributed by atoms with Gasteiger partial charge in [0.25, 0.3) is 0 Å². The van der Waals surface area contributed by atoms with Crippen molar-refractivity contribution < 1.29 is 19.2 Å². The normalized spacial score (nSPS) is 19.8. The summed E-state index contributed by atoms with van der Waals surface area (Å²) in [6.07, 6.45) is 5.98. The predicted octanol–water partition coefficient (Wildman–Crippen LogP) is 2.45. The van der Waals surface area contributed by atoms with Gasteiger partial charge in [0.15, 0.2) is 0 Å². The summed E-state index contributed by atoms with van der Waals surface area (Å²) in [5.74, 6) is -2.01. The number of carbonyl (C=O) groups excluding carboxylic acids is 4. The number of nitrogens with two attached hydrogens (primary N) is 1. The molecule has 220 valence electrons. The van der Waals surface area contributed by atoms with E-state index >= 15 is 0 Å². The van der Waals surface area contributed by atoms with Crippen LogP contribution >= 0.6 is 0 Å². The average Bonchev–Trinajstić information content (AvgIpc) is 3.50. The zero-order chi connectivity index (χ0) is 29.4. The monoisotopic (exact) mass is 561 g/mol. The zero-order valence-electron chi connectivity index (χ0n) is 24.1. The van der Waals surface area contributed by atoms with Crippen LogP contribution in [0.3, 0.4) is 0 Å². The van der Waals surface area contributed by atoms with Gasteiger partial charge in [-0.05, 0) is 56.7 Å². The molecule has 0 aromatic heterocycles. The molecule has 4 atom stereocenters. The molecule has 4 amide bonds. The van der Waals surface area contributed by atoms with Crippen molar-refractivity contribution in [2.24, 2.45) is 11.7 Å². The number of carbonyl (C=O) groups is 4. The molecule has 2 aromatic rings. The highest BCUT2D eigenvalue weighted by molar-refractivity contribution is 5.95. The molecule has 41 heavy (non-hydrogen) atoms. The Hall–Kier alpha value is -3.72. The Morgan fingerprint density at radius 3 is 1.95 bits per heavy atom. The smallest absolute Gasteiger partial charge is 0.246 e. The van der Waals surface area contributed by atoms with Crippen LogP contribution in [-0.4, -0.2) is 66.3 Å². The standard InChI is InChI=1S/C32H43N5O4/c1-21(34-2)30(39)35-27(24-17-10-5-11-18-24)32(41)37-20-12-19-25(37)31(40)36-28(29(33)38)26(22-13-6-3-7-14-22)23-15-8-4-9-16-23/h3-4,6-9,13-16,21,24-28,34H,5,10-12,17-20H2,1-2H3,(H2,33,38)(H,35,39)(H,36,40)/t21-,25-,27-,28-/m0/s1. The minimum atomic E-state index is -1.02. The molecular formula is C32H43N5O4. The highest BCUT2D eigenvalue weighted by Gasteiger charge is 2.42. The molecule has 0 radical (unpaired) electrons. The van der Waals surface area contributed by atoms with Gasteiger partial charge in [0.2, 0.25) is 23.6 Å². The Morgan fingerprint density at radius 2 is 1.41 bits per heavy atom. The fraction of sp³-hybridized carbons (Fsp3) is 0.500. The maximum Gasteiger partial charge on any atom is 0.246 e. The molecule has 1 heterocycles. The number of hydrogen-bond donors (Lipinski definition) is 4. The summed E-state index contributed by atoms with van der Waals surface area (Å²) >= 11 is 0. The summed E-state index contributed by atoms with van der Waals surface area (Å²) in [7, 11) is 1.70. The summed E-state index contributed by atoms with van der Waals surface area (Å²) in [6, 6.07) is 16.1. The minimum Gasteiger partial charge on any atom is -0.368 e. The van der Waals surface area contributed by atoms with Crippen LogP contribution in [0.1, 0.15) is 68.9 Å². The van der Waals surface area contributed by atoms with E-state index in [4.69, 9.17) is 5.73 Å². The molecule has 1 aliphatic carbocycles. The Kier molecular flexibility index (Phi) is 10.5. The number of nitrogens with one attached hydrogen (secondary N) is 3. The van der Waals surface area contributed by atoms with Gasteiger partial charge in [-0.3, -0.25) is 19.2 Å². The summed E-state index contributed by atoms with van der Waals surface area (Å²) in [6.45, 7) is 2.17. The first kappa shape index (κ1) is 30.2. The molecule has 2 fully saturated rings. The number of primary amides is 1. The second kappa shape index (κ2) is 14.3. The van der Waals surface area contributed by atoms with Gasteiger partial charge < -0.3 is 26.6 Å². The molecule has 0 bridgehead atoms. The van der Waals surface area contributed by atoms with Crippen LogP contribution < -0.4 is 21.7 Å². The van der Waals surface area contributed by atoms with Crippen molar-refractivity contribution in [3.05, 3.63) is 71.8 Å². The summed E-state index contributed by atoms with van der Waals surface area (Å²) in [5.41, 5.74) is 7.60. The van der Waals surface area contributed by atoms with Gasteiger partial charge in [0.05, 0.1) is 6.04 Å². The third kappa shape index (κ3) is 7.33. The Balaban J connectivity index is 1.57. The van der Waals surface area contributed by atoms with E-state index in [1.807, 2.05) is 60.7 Å². The lowest BCUT2D eigenvalue weighted by Gasteiger charge is -2.35. The van der Waals surface area contributed by atoms with Crippen LogP contribution in [0.25, 0.3) is 0 Å². The Labute approximate surface area is 242 Å². The van der Waals surface area contributed by atoms with Crippen molar-refractivity contribution in [2.75, 3.05) is 13.6 Å². The van der Waals surface area contributed by atoms with Crippen LogP contribution in [0.5, 0.6) is 0 Å². The molecular weight excluding hydrogens is 518 g/mol. The fourth-order valence-corrected chi connectivity index (χ4v) is 6.21. The van der Waals surface area contributed by atoms with E-state index in [0.29, 0.717) is 19.4 Å². The fourth-order valence-electron chi connectivity index (χ4n) is 6.21. The van der Waals surface area contributed by atoms with Gasteiger partial charge in [0.1, 0.15) is 18.1 Å². The largest absolute Gasteiger partial charge is 0.368 e. The van der Waals surface area contributed by atoms with E-state index < -0.39 is 41.9 Å². The van der Waals surface area contributed by atoms with Gasteiger partial charge in [-0.2, -0.15) is 0 Å². The molecule has 0 unspecified atom stereocenters. The first-order chi connectivity index (χ1) is 19.8. The SMILES string of the molecule is CN[C@@H](C)C(=O)N[C@H](C(=O)N1CCC[C@H]1C(=O)N[C@H](C(N)=O)C(c1ccccc1)c1ccccc1)C1CCCCC1. The van der Waals surface area contributed by atoms with Crippen molar-refractivity contribution in [2.45, 2.75) is 82.0 Å². The van der Waals surface area contributed by atoms with Gasteiger partial charge >= 0.3 is 0 Å². The molecule has 1 saturated heterocycles. The lowest BCUT2D eigenvalue weighted by Crippen LogP contribution is -2.59. The van der Waals surface area contributed by atoms with Crippen molar-refractivity contribution in [3.63, 3.8) is 0 Å². The van der Waals surface area contributed by atoms with E-state index in [1.54, 1.807) is 18.9 Å². The van der Waals surface area contributed by atoms with Crippen molar-refractivity contribution >= 4 is 23.6 Å². The topological polar surface area (TPSA) is 134 Å². The summed E-state index contributed by atoms with van der Waals surface area (Å²) in [5, 5.41) is 8.85. The second-order valence-electron chi connectivity index (χ2n) is 11.3. The number of amides is 4. The molecule has 0 spiro atoms. The highest BCUT2D eigenvalue weighted by atomic mass is 16.2. The van der Waals surface area contributed by atoms with Gasteiger partial charge in [0, 0.05) is 12.5 Å². The third-order valence-corrected chi connectivity index (χ3v) is 8.60. The average molecular weight is 562 g/mol. The lowest BCUT2D eigenvalue weighted by atomic mass is 9.83. The minimum absolute atomic E-state index is 0.0208. The van der Waals surface area contributed by atoms with E-state index in [-0.39, 0.29) is 17.7 Å². The number of benzene rings is 2. The number of likely N-dealkylation sites (tertiary alicyclic amines) is 1. The first-order valence-electron chi connectivity index (χ1n) is 14.8. The lowest BCUT2D eigenvalue weighted by molar-refractivity contribution is -0.143. The van der Waals surface area contributed by atoms with Gasteiger partial charge in [-0.25, -0.2) is 0 Å². The number of hydrogen-bond acceptors (Lipinski definition) is 5. The van der Waals surface area contributed by atoms with Crippen LogP contribution in [0.4, 0.5) is 0 Å². The molecule has 2 aromatic carbocycles. The Bertz CT molecular complexity index is 1150. The summed E-state index contributed by atoms with van der Waals surface area (Å²) < 4.78 is 0. The molecule has 9 heteroatoms. The second-order valence-corrected chi connectivity index (χ2v) is 11.3. The molecule has 9 nitrogen and oxygen atoms in total. The predicted molar refractivity (Wildman–Crippen MR) is 158 cm³/mol. The van der Waals surface area contributed by atoms with Crippen LogP contribution in [0.15, 0.2) is 60.7 Å². The zero-order valence-corrected chi connectivity index (χ0v) is 24.1. The Morgan fingerprint density at radius 1 is 0.829 bits per heavy atom. The number of rotatable bonds is 11. The van der Waals surface area contributed by atoms with Crippen LogP contribution in [0.2, 0.25) is 0 Å². The maximum atomic E-state index is 14.0.